The van der Waals surface area contributed by atoms with Gasteiger partial charge in [-0.25, -0.2) is 0 Å². The molecule has 1 saturated heterocycles. The fraction of sp³-hybridized carbons (Fsp3) is 0.462. The van der Waals surface area contributed by atoms with Gasteiger partial charge in [-0.15, -0.1) is 0 Å². The molecule has 1 aliphatic rings. The van der Waals surface area contributed by atoms with Gasteiger partial charge in [-0.1, -0.05) is 29.4 Å². The highest BCUT2D eigenvalue weighted by Crippen LogP contribution is 2.12. The van der Waals surface area contributed by atoms with Crippen molar-refractivity contribution in [2.45, 2.75) is 13.0 Å². The van der Waals surface area contributed by atoms with Crippen molar-refractivity contribution in [2.24, 2.45) is 16.8 Å². The molecule has 1 unspecified atom stereocenters. The van der Waals surface area contributed by atoms with Gasteiger partial charge in [0.1, 0.15) is 0 Å². The third-order valence-corrected chi connectivity index (χ3v) is 3.17. The molecule has 1 atom stereocenters. The van der Waals surface area contributed by atoms with E-state index in [4.69, 9.17) is 15.7 Å². The lowest BCUT2D eigenvalue weighted by atomic mass is 10.1. The first-order valence-electron chi connectivity index (χ1n) is 6.15. The molecule has 0 aromatic heterocycles. The molecule has 98 valence electrons. The highest BCUT2D eigenvalue weighted by Gasteiger charge is 2.15. The minimum atomic E-state index is 0.150. The van der Waals surface area contributed by atoms with Gasteiger partial charge in [0, 0.05) is 25.3 Å². The first kappa shape index (κ1) is 12.9. The molecule has 4 N–H and O–H groups in total. The lowest BCUT2D eigenvalue weighted by Crippen LogP contribution is -2.24. The van der Waals surface area contributed by atoms with E-state index in [1.807, 2.05) is 24.3 Å². The highest BCUT2D eigenvalue weighted by atomic mass is 16.5. The maximum absolute atomic E-state index is 8.74. The largest absolute Gasteiger partial charge is 0.409 e. The SMILES string of the molecule is NC(=NO)c1ccccc1CNCC1CCOC1. The molecule has 0 bridgehead atoms. The quantitative estimate of drug-likeness (QED) is 0.313. The third kappa shape index (κ3) is 3.21. The van der Waals surface area contributed by atoms with E-state index in [-0.39, 0.29) is 5.84 Å². The Labute approximate surface area is 107 Å². The fourth-order valence-electron chi connectivity index (χ4n) is 2.13. The summed E-state index contributed by atoms with van der Waals surface area (Å²) in [6, 6.07) is 7.65. The van der Waals surface area contributed by atoms with Gasteiger partial charge in [0.25, 0.3) is 0 Å². The van der Waals surface area contributed by atoms with Crippen molar-refractivity contribution >= 4 is 5.84 Å². The molecule has 2 rings (SSSR count). The predicted octanol–water partition coefficient (Wildman–Crippen LogP) is 0.907. The standard InChI is InChI=1S/C13H19N3O2/c14-13(16-17)12-4-2-1-3-11(12)8-15-7-10-5-6-18-9-10/h1-4,10,15,17H,5-9H2,(H2,14,16). The minimum absolute atomic E-state index is 0.150. The number of amidine groups is 1. The first-order chi connectivity index (χ1) is 8.81. The second-order valence-corrected chi connectivity index (χ2v) is 4.50. The first-order valence-corrected chi connectivity index (χ1v) is 6.15. The van der Waals surface area contributed by atoms with Crippen molar-refractivity contribution in [2.75, 3.05) is 19.8 Å². The summed E-state index contributed by atoms with van der Waals surface area (Å²) in [6.07, 6.45) is 1.12. The molecule has 0 amide bonds. The molecule has 5 nitrogen and oxygen atoms in total. The number of oxime groups is 1. The number of hydrogen-bond acceptors (Lipinski definition) is 4. The van der Waals surface area contributed by atoms with Gasteiger partial charge in [-0.05, 0) is 17.9 Å². The molecule has 0 aliphatic carbocycles. The van der Waals surface area contributed by atoms with Crippen LogP contribution in [0.5, 0.6) is 0 Å². The number of nitrogens with one attached hydrogen (secondary N) is 1. The van der Waals surface area contributed by atoms with Crippen molar-refractivity contribution in [1.82, 2.24) is 5.32 Å². The van der Waals surface area contributed by atoms with Gasteiger partial charge in [-0.2, -0.15) is 0 Å². The van der Waals surface area contributed by atoms with Crippen molar-refractivity contribution in [1.29, 1.82) is 0 Å². The van der Waals surface area contributed by atoms with Gasteiger partial charge >= 0.3 is 0 Å². The van der Waals surface area contributed by atoms with Crippen LogP contribution < -0.4 is 11.1 Å². The normalized spacial score (nSPS) is 20.2. The zero-order valence-corrected chi connectivity index (χ0v) is 10.3. The van der Waals surface area contributed by atoms with E-state index in [1.54, 1.807) is 0 Å². The van der Waals surface area contributed by atoms with E-state index in [2.05, 4.69) is 10.5 Å². The van der Waals surface area contributed by atoms with Gasteiger partial charge < -0.3 is 21.0 Å². The second kappa shape index (κ2) is 6.37. The van der Waals surface area contributed by atoms with Crippen LogP contribution in [0.1, 0.15) is 17.5 Å². The number of rotatable bonds is 5. The average molecular weight is 249 g/mol. The van der Waals surface area contributed by atoms with Gasteiger partial charge in [0.15, 0.2) is 5.84 Å². The van der Waals surface area contributed by atoms with Gasteiger partial charge in [0.05, 0.1) is 6.61 Å². The summed E-state index contributed by atoms with van der Waals surface area (Å²) < 4.78 is 5.33. The van der Waals surface area contributed by atoms with Crippen LogP contribution in [0.2, 0.25) is 0 Å². The fourth-order valence-corrected chi connectivity index (χ4v) is 2.13. The highest BCUT2D eigenvalue weighted by molar-refractivity contribution is 5.98. The maximum atomic E-state index is 8.74. The average Bonchev–Trinajstić information content (AvgIpc) is 2.92. The Morgan fingerprint density at radius 1 is 1.50 bits per heavy atom. The number of nitrogens with two attached hydrogens (primary N) is 1. The second-order valence-electron chi connectivity index (χ2n) is 4.50. The van der Waals surface area contributed by atoms with Crippen LogP contribution in [0.3, 0.4) is 0 Å². The number of nitrogens with zero attached hydrogens (tertiary/aromatic N) is 1. The summed E-state index contributed by atoms with van der Waals surface area (Å²) >= 11 is 0. The number of ether oxygens (including phenoxy) is 1. The molecule has 1 aromatic rings. The van der Waals surface area contributed by atoms with E-state index in [1.165, 1.54) is 0 Å². The minimum Gasteiger partial charge on any atom is -0.409 e. The molecule has 0 saturated carbocycles. The molecular formula is C13H19N3O2. The Morgan fingerprint density at radius 2 is 2.33 bits per heavy atom. The Balaban J connectivity index is 1.92. The van der Waals surface area contributed by atoms with Gasteiger partial charge in [0.2, 0.25) is 0 Å². The van der Waals surface area contributed by atoms with E-state index in [0.717, 1.165) is 37.3 Å². The van der Waals surface area contributed by atoms with Crippen molar-refractivity contribution in [3.63, 3.8) is 0 Å². The molecule has 18 heavy (non-hydrogen) atoms. The van der Waals surface area contributed by atoms with Crippen molar-refractivity contribution < 1.29 is 9.94 Å². The molecule has 0 radical (unpaired) electrons. The van der Waals surface area contributed by atoms with E-state index < -0.39 is 0 Å². The predicted molar refractivity (Wildman–Crippen MR) is 69.6 cm³/mol. The molecule has 1 heterocycles. The smallest absolute Gasteiger partial charge is 0.170 e. The zero-order chi connectivity index (χ0) is 12.8. The number of hydrogen-bond donors (Lipinski definition) is 3. The lowest BCUT2D eigenvalue weighted by molar-refractivity contribution is 0.185. The van der Waals surface area contributed by atoms with Crippen molar-refractivity contribution in [3.8, 4) is 0 Å². The van der Waals surface area contributed by atoms with Crippen molar-refractivity contribution in [3.05, 3.63) is 35.4 Å². The van der Waals surface area contributed by atoms with Crippen LogP contribution in [0.4, 0.5) is 0 Å². The van der Waals surface area contributed by atoms with Crippen LogP contribution in [0.25, 0.3) is 0 Å². The Hall–Kier alpha value is -1.59. The maximum Gasteiger partial charge on any atom is 0.170 e. The Bertz CT molecular complexity index is 414. The van der Waals surface area contributed by atoms with E-state index >= 15 is 0 Å². The van der Waals surface area contributed by atoms with Crippen LogP contribution in [0, 0.1) is 5.92 Å². The van der Waals surface area contributed by atoms with Crippen LogP contribution in [-0.2, 0) is 11.3 Å². The topological polar surface area (TPSA) is 79.9 Å². The zero-order valence-electron chi connectivity index (χ0n) is 10.3. The van der Waals surface area contributed by atoms with E-state index in [0.29, 0.717) is 12.5 Å². The summed E-state index contributed by atoms with van der Waals surface area (Å²) in [5.74, 6) is 0.748. The Morgan fingerprint density at radius 3 is 3.06 bits per heavy atom. The van der Waals surface area contributed by atoms with Gasteiger partial charge in [-0.3, -0.25) is 0 Å². The number of benzene rings is 1. The van der Waals surface area contributed by atoms with E-state index in [9.17, 15) is 0 Å². The summed E-state index contributed by atoms with van der Waals surface area (Å²) in [4.78, 5) is 0. The summed E-state index contributed by atoms with van der Waals surface area (Å²) in [5.41, 5.74) is 7.45. The monoisotopic (exact) mass is 249 g/mol. The molecule has 1 aromatic carbocycles. The Kier molecular flexibility index (Phi) is 4.55. The summed E-state index contributed by atoms with van der Waals surface area (Å²) in [7, 11) is 0. The molecule has 0 spiro atoms. The molecule has 5 heteroatoms. The molecule has 1 fully saturated rings. The summed E-state index contributed by atoms with van der Waals surface area (Å²) in [6.45, 7) is 3.36. The summed E-state index contributed by atoms with van der Waals surface area (Å²) in [5, 5.41) is 15.2. The van der Waals surface area contributed by atoms with Crippen LogP contribution >= 0.6 is 0 Å². The molecule has 1 aliphatic heterocycles. The molecular weight excluding hydrogens is 230 g/mol. The lowest BCUT2D eigenvalue weighted by Gasteiger charge is -2.12. The van der Waals surface area contributed by atoms with Crippen LogP contribution in [-0.4, -0.2) is 30.8 Å². The third-order valence-electron chi connectivity index (χ3n) is 3.17. The van der Waals surface area contributed by atoms with Crippen LogP contribution in [0.15, 0.2) is 29.4 Å².